The SMILES string of the molecule is CC(c1cccc(N)c1)N1CC(C)(C)C1. The highest BCUT2D eigenvalue weighted by Crippen LogP contribution is 2.35. The Balaban J connectivity index is 2.06. The van der Waals surface area contributed by atoms with Gasteiger partial charge >= 0.3 is 0 Å². The zero-order valence-electron chi connectivity index (χ0n) is 9.83. The van der Waals surface area contributed by atoms with E-state index in [1.54, 1.807) is 0 Å². The monoisotopic (exact) mass is 204 g/mol. The van der Waals surface area contributed by atoms with Crippen LogP contribution in [0.3, 0.4) is 0 Å². The molecule has 0 aliphatic carbocycles. The van der Waals surface area contributed by atoms with Crippen LogP contribution in [0.2, 0.25) is 0 Å². The minimum atomic E-state index is 0.488. The van der Waals surface area contributed by atoms with Crippen LogP contribution in [0.5, 0.6) is 0 Å². The van der Waals surface area contributed by atoms with Crippen molar-refractivity contribution in [3.63, 3.8) is 0 Å². The fourth-order valence-electron chi connectivity index (χ4n) is 2.36. The summed E-state index contributed by atoms with van der Waals surface area (Å²) in [4.78, 5) is 2.49. The molecule has 2 N–H and O–H groups in total. The predicted molar refractivity (Wildman–Crippen MR) is 64.6 cm³/mol. The summed E-state index contributed by atoms with van der Waals surface area (Å²) in [5.41, 5.74) is 8.47. The van der Waals surface area contributed by atoms with Gasteiger partial charge in [-0.3, -0.25) is 4.90 Å². The Bertz CT molecular complexity index is 349. The van der Waals surface area contributed by atoms with Crippen LogP contribution in [0.4, 0.5) is 5.69 Å². The number of hydrogen-bond donors (Lipinski definition) is 1. The van der Waals surface area contributed by atoms with Crippen molar-refractivity contribution in [2.24, 2.45) is 5.41 Å². The first-order valence-electron chi connectivity index (χ1n) is 5.57. The molecule has 1 aromatic rings. The number of anilines is 1. The van der Waals surface area contributed by atoms with Gasteiger partial charge in [-0.05, 0) is 30.0 Å². The molecule has 1 fully saturated rings. The Morgan fingerprint density at radius 1 is 1.33 bits per heavy atom. The highest BCUT2D eigenvalue weighted by atomic mass is 15.2. The molecule has 1 aromatic carbocycles. The first-order valence-corrected chi connectivity index (χ1v) is 5.57. The fraction of sp³-hybridized carbons (Fsp3) is 0.538. The second-order valence-corrected chi connectivity index (χ2v) is 5.42. The molecule has 2 nitrogen and oxygen atoms in total. The number of nitrogens with two attached hydrogens (primary N) is 1. The Kier molecular flexibility index (Phi) is 2.47. The maximum atomic E-state index is 5.79. The topological polar surface area (TPSA) is 29.3 Å². The molecule has 0 radical (unpaired) electrons. The molecule has 0 bridgehead atoms. The summed E-state index contributed by atoms with van der Waals surface area (Å²) in [6.45, 7) is 9.25. The van der Waals surface area contributed by atoms with E-state index >= 15 is 0 Å². The summed E-state index contributed by atoms with van der Waals surface area (Å²) in [7, 11) is 0. The van der Waals surface area contributed by atoms with Crippen LogP contribution in [0.1, 0.15) is 32.4 Å². The van der Waals surface area contributed by atoms with Gasteiger partial charge in [0.15, 0.2) is 0 Å². The van der Waals surface area contributed by atoms with E-state index in [0.29, 0.717) is 11.5 Å². The summed E-state index contributed by atoms with van der Waals surface area (Å²) >= 11 is 0. The van der Waals surface area contributed by atoms with Crippen molar-refractivity contribution in [1.82, 2.24) is 4.90 Å². The Labute approximate surface area is 92.1 Å². The van der Waals surface area contributed by atoms with Gasteiger partial charge in [-0.2, -0.15) is 0 Å². The van der Waals surface area contributed by atoms with Crippen LogP contribution in [-0.2, 0) is 0 Å². The molecule has 2 rings (SSSR count). The van der Waals surface area contributed by atoms with Crippen LogP contribution >= 0.6 is 0 Å². The zero-order valence-corrected chi connectivity index (χ0v) is 9.83. The molecule has 15 heavy (non-hydrogen) atoms. The van der Waals surface area contributed by atoms with Gasteiger partial charge in [-0.25, -0.2) is 0 Å². The number of nitrogens with zero attached hydrogens (tertiary/aromatic N) is 1. The lowest BCUT2D eigenvalue weighted by atomic mass is 9.82. The van der Waals surface area contributed by atoms with E-state index in [9.17, 15) is 0 Å². The molecule has 82 valence electrons. The highest BCUT2D eigenvalue weighted by molar-refractivity contribution is 5.41. The van der Waals surface area contributed by atoms with Gasteiger partial charge in [-0.1, -0.05) is 26.0 Å². The second-order valence-electron chi connectivity index (χ2n) is 5.42. The van der Waals surface area contributed by atoms with Gasteiger partial charge in [0.05, 0.1) is 0 Å². The zero-order chi connectivity index (χ0) is 11.1. The Hall–Kier alpha value is -1.02. The molecule has 1 aliphatic rings. The Morgan fingerprint density at radius 2 is 2.00 bits per heavy atom. The quantitative estimate of drug-likeness (QED) is 0.750. The van der Waals surface area contributed by atoms with E-state index in [1.807, 2.05) is 12.1 Å². The van der Waals surface area contributed by atoms with Crippen LogP contribution in [0.25, 0.3) is 0 Å². The van der Waals surface area contributed by atoms with Crippen molar-refractivity contribution in [2.45, 2.75) is 26.8 Å². The van der Waals surface area contributed by atoms with Crippen molar-refractivity contribution in [3.05, 3.63) is 29.8 Å². The minimum Gasteiger partial charge on any atom is -0.399 e. The average molecular weight is 204 g/mol. The average Bonchev–Trinajstić information content (AvgIpc) is 2.13. The molecular weight excluding hydrogens is 184 g/mol. The van der Waals surface area contributed by atoms with Gasteiger partial charge in [0.1, 0.15) is 0 Å². The largest absolute Gasteiger partial charge is 0.399 e. The second kappa shape index (κ2) is 3.53. The molecule has 1 aliphatic heterocycles. The number of hydrogen-bond acceptors (Lipinski definition) is 2. The van der Waals surface area contributed by atoms with E-state index in [4.69, 9.17) is 5.73 Å². The number of rotatable bonds is 2. The van der Waals surface area contributed by atoms with E-state index in [2.05, 4.69) is 37.8 Å². The maximum absolute atomic E-state index is 5.79. The van der Waals surface area contributed by atoms with Crippen LogP contribution < -0.4 is 5.73 Å². The summed E-state index contributed by atoms with van der Waals surface area (Å²) < 4.78 is 0. The predicted octanol–water partition coefficient (Wildman–Crippen LogP) is 2.67. The summed E-state index contributed by atoms with van der Waals surface area (Å²) in [5, 5.41) is 0. The van der Waals surface area contributed by atoms with E-state index in [-0.39, 0.29) is 0 Å². The number of likely N-dealkylation sites (tertiary alicyclic amines) is 1. The molecule has 0 saturated carbocycles. The van der Waals surface area contributed by atoms with Gasteiger partial charge in [0.25, 0.3) is 0 Å². The molecular formula is C13H20N2. The van der Waals surface area contributed by atoms with Crippen molar-refractivity contribution in [1.29, 1.82) is 0 Å². The lowest BCUT2D eigenvalue weighted by Gasteiger charge is -2.49. The van der Waals surface area contributed by atoms with Crippen molar-refractivity contribution < 1.29 is 0 Å². The summed E-state index contributed by atoms with van der Waals surface area (Å²) in [6, 6.07) is 8.70. The molecule has 1 atom stereocenters. The van der Waals surface area contributed by atoms with E-state index in [1.165, 1.54) is 18.7 Å². The fourth-order valence-corrected chi connectivity index (χ4v) is 2.36. The third-order valence-corrected chi connectivity index (χ3v) is 3.20. The van der Waals surface area contributed by atoms with Crippen LogP contribution in [0.15, 0.2) is 24.3 Å². The molecule has 0 aromatic heterocycles. The molecule has 1 saturated heterocycles. The van der Waals surface area contributed by atoms with Crippen molar-refractivity contribution >= 4 is 5.69 Å². The maximum Gasteiger partial charge on any atom is 0.0321 e. The van der Waals surface area contributed by atoms with Gasteiger partial charge in [0, 0.05) is 24.8 Å². The van der Waals surface area contributed by atoms with Crippen molar-refractivity contribution in [2.75, 3.05) is 18.8 Å². The lowest BCUT2D eigenvalue weighted by molar-refractivity contribution is -0.000946. The van der Waals surface area contributed by atoms with Gasteiger partial charge < -0.3 is 5.73 Å². The third-order valence-electron chi connectivity index (χ3n) is 3.20. The molecule has 0 amide bonds. The first-order chi connectivity index (χ1) is 6.98. The van der Waals surface area contributed by atoms with E-state index in [0.717, 1.165) is 5.69 Å². The highest BCUT2D eigenvalue weighted by Gasteiger charge is 2.36. The first kappa shape index (κ1) is 10.5. The lowest BCUT2D eigenvalue weighted by Crippen LogP contribution is -2.53. The van der Waals surface area contributed by atoms with Gasteiger partial charge in [0.2, 0.25) is 0 Å². The minimum absolute atomic E-state index is 0.488. The summed E-state index contributed by atoms with van der Waals surface area (Å²) in [5.74, 6) is 0. The number of benzene rings is 1. The Morgan fingerprint density at radius 3 is 2.53 bits per heavy atom. The molecule has 1 unspecified atom stereocenters. The molecule has 0 spiro atoms. The van der Waals surface area contributed by atoms with Gasteiger partial charge in [-0.15, -0.1) is 0 Å². The molecule has 1 heterocycles. The standard InChI is InChI=1S/C13H20N2/c1-10(15-8-13(2,3)9-15)11-5-4-6-12(14)7-11/h4-7,10H,8-9,14H2,1-3H3. The molecule has 2 heteroatoms. The smallest absolute Gasteiger partial charge is 0.0321 e. The number of nitrogen functional groups attached to an aromatic ring is 1. The summed E-state index contributed by atoms with van der Waals surface area (Å²) in [6.07, 6.45) is 0. The third kappa shape index (κ3) is 2.15. The normalized spacial score (nSPS) is 22.1. The van der Waals surface area contributed by atoms with E-state index < -0.39 is 0 Å². The van der Waals surface area contributed by atoms with Crippen LogP contribution in [0, 0.1) is 5.41 Å². The van der Waals surface area contributed by atoms with Crippen LogP contribution in [-0.4, -0.2) is 18.0 Å². The van der Waals surface area contributed by atoms with Crippen molar-refractivity contribution in [3.8, 4) is 0 Å².